The molecule has 2 N–H and O–H groups in total. The fourth-order valence-electron chi connectivity index (χ4n) is 2.71. The molecule has 24 heavy (non-hydrogen) atoms. The van der Waals surface area contributed by atoms with E-state index in [2.05, 4.69) is 51.7 Å². The lowest BCUT2D eigenvalue weighted by molar-refractivity contribution is 0.133. The predicted octanol–water partition coefficient (Wildman–Crippen LogP) is 3.09. The van der Waals surface area contributed by atoms with Gasteiger partial charge < -0.3 is 15.4 Å². The number of hydrogen-bond acceptors (Lipinski definition) is 3. The summed E-state index contributed by atoms with van der Waals surface area (Å²) < 4.78 is 5.71. The first kappa shape index (κ1) is 19.1. The van der Waals surface area contributed by atoms with Crippen molar-refractivity contribution in [1.82, 2.24) is 10.6 Å². The molecule has 0 saturated carbocycles. The van der Waals surface area contributed by atoms with Crippen LogP contribution in [0.25, 0.3) is 0 Å². The molecule has 0 spiro atoms. The number of nitrogens with one attached hydrogen (secondary N) is 2. The number of benzene rings is 1. The van der Waals surface area contributed by atoms with Gasteiger partial charge in [0.05, 0.1) is 6.61 Å². The van der Waals surface area contributed by atoms with Crippen molar-refractivity contribution in [2.45, 2.75) is 37.4 Å². The molecular weight excluding hydrogens is 318 g/mol. The van der Waals surface area contributed by atoms with Crippen LogP contribution in [-0.2, 0) is 11.2 Å². The molecule has 1 aliphatic heterocycles. The molecule has 0 aromatic heterocycles. The Morgan fingerprint density at radius 3 is 2.83 bits per heavy atom. The van der Waals surface area contributed by atoms with E-state index in [4.69, 9.17) is 4.74 Å². The average Bonchev–Trinajstić information content (AvgIpc) is 3.14. The highest BCUT2D eigenvalue weighted by atomic mass is 32.2. The maximum atomic E-state index is 5.71. The van der Waals surface area contributed by atoms with Gasteiger partial charge in [-0.1, -0.05) is 30.3 Å². The number of ether oxygens (including phenoxy) is 1. The number of rotatable bonds is 10. The monoisotopic (exact) mass is 349 g/mol. The summed E-state index contributed by atoms with van der Waals surface area (Å²) in [6.45, 7) is 3.60. The Balaban J connectivity index is 1.42. The number of guanidine groups is 1. The number of aliphatic imine (C=N–C) groups is 1. The number of unbranched alkanes of at least 4 members (excludes halogenated alkanes) is 1. The van der Waals surface area contributed by atoms with E-state index < -0.39 is 0 Å². The molecule has 4 nitrogen and oxygen atoms in total. The molecule has 1 aromatic carbocycles. The Kier molecular flexibility index (Phi) is 9.73. The Morgan fingerprint density at radius 1 is 1.21 bits per heavy atom. The second kappa shape index (κ2) is 12.2. The summed E-state index contributed by atoms with van der Waals surface area (Å²) in [5.41, 5.74) is 1.34. The first-order valence-corrected chi connectivity index (χ1v) is 10.1. The van der Waals surface area contributed by atoms with Crippen LogP contribution in [0.15, 0.2) is 35.3 Å². The van der Waals surface area contributed by atoms with Gasteiger partial charge in [0.25, 0.3) is 0 Å². The number of hydrogen-bond donors (Lipinski definition) is 2. The van der Waals surface area contributed by atoms with E-state index in [1.54, 1.807) is 0 Å². The van der Waals surface area contributed by atoms with Gasteiger partial charge in [0.2, 0.25) is 0 Å². The molecule has 0 amide bonds. The van der Waals surface area contributed by atoms with Gasteiger partial charge in [0.1, 0.15) is 0 Å². The van der Waals surface area contributed by atoms with Crippen molar-refractivity contribution in [3.8, 4) is 0 Å². The molecule has 1 heterocycles. The van der Waals surface area contributed by atoms with Gasteiger partial charge in [-0.15, -0.1) is 0 Å². The second-order valence-corrected chi connectivity index (χ2v) is 7.48. The number of thioether (sulfide) groups is 1. The van der Waals surface area contributed by atoms with E-state index in [9.17, 15) is 0 Å². The van der Waals surface area contributed by atoms with Gasteiger partial charge in [0.15, 0.2) is 5.96 Å². The summed E-state index contributed by atoms with van der Waals surface area (Å²) in [4.78, 5) is 4.28. The lowest BCUT2D eigenvalue weighted by Gasteiger charge is -2.14. The van der Waals surface area contributed by atoms with Crippen LogP contribution in [0.3, 0.4) is 0 Å². The summed E-state index contributed by atoms with van der Waals surface area (Å²) in [6.07, 6.45) is 5.86. The molecule has 1 atom stereocenters. The first-order chi connectivity index (χ1) is 11.9. The van der Waals surface area contributed by atoms with Crippen LogP contribution in [0.4, 0.5) is 0 Å². The van der Waals surface area contributed by atoms with Crippen LogP contribution in [0.5, 0.6) is 0 Å². The third-order valence-corrected chi connectivity index (χ3v) is 5.53. The van der Waals surface area contributed by atoms with E-state index in [-0.39, 0.29) is 0 Å². The van der Waals surface area contributed by atoms with Crippen LogP contribution in [-0.4, -0.2) is 50.3 Å². The van der Waals surface area contributed by atoms with Crippen LogP contribution >= 0.6 is 11.8 Å². The van der Waals surface area contributed by atoms with Crippen molar-refractivity contribution >= 4 is 17.7 Å². The van der Waals surface area contributed by atoms with E-state index in [1.165, 1.54) is 24.2 Å². The van der Waals surface area contributed by atoms with Crippen LogP contribution in [0.2, 0.25) is 0 Å². The molecule has 134 valence electrons. The third-order valence-electron chi connectivity index (χ3n) is 4.13. The molecule has 1 saturated heterocycles. The first-order valence-electron chi connectivity index (χ1n) is 9.06. The zero-order valence-electron chi connectivity index (χ0n) is 14.8. The zero-order valence-corrected chi connectivity index (χ0v) is 15.6. The van der Waals surface area contributed by atoms with Crippen molar-refractivity contribution in [2.24, 2.45) is 4.99 Å². The van der Waals surface area contributed by atoms with E-state index in [0.29, 0.717) is 0 Å². The zero-order chi connectivity index (χ0) is 16.9. The van der Waals surface area contributed by atoms with Crippen molar-refractivity contribution < 1.29 is 4.74 Å². The molecule has 0 bridgehead atoms. The molecule has 1 aromatic rings. The lowest BCUT2D eigenvalue weighted by Crippen LogP contribution is -2.40. The molecule has 2 rings (SSSR count). The largest absolute Gasteiger partial charge is 0.381 e. The minimum Gasteiger partial charge on any atom is -0.381 e. The summed E-state index contributed by atoms with van der Waals surface area (Å²) in [5, 5.41) is 7.56. The molecule has 5 heteroatoms. The van der Waals surface area contributed by atoms with Crippen molar-refractivity contribution in [1.29, 1.82) is 0 Å². The fraction of sp³-hybridized carbons (Fsp3) is 0.632. The van der Waals surface area contributed by atoms with Crippen molar-refractivity contribution in [3.63, 3.8) is 0 Å². The maximum absolute atomic E-state index is 5.71. The van der Waals surface area contributed by atoms with Crippen LogP contribution in [0, 0.1) is 0 Å². The maximum Gasteiger partial charge on any atom is 0.191 e. The van der Waals surface area contributed by atoms with E-state index in [1.807, 2.05) is 13.1 Å². The molecular formula is C19H31N3OS. The van der Waals surface area contributed by atoms with Crippen molar-refractivity contribution in [3.05, 3.63) is 35.9 Å². The highest BCUT2D eigenvalue weighted by molar-refractivity contribution is 8.00. The smallest absolute Gasteiger partial charge is 0.191 e. The quantitative estimate of drug-likeness (QED) is 0.387. The minimum absolute atomic E-state index is 0.751. The topological polar surface area (TPSA) is 45.7 Å². The Bertz CT molecular complexity index is 461. The summed E-state index contributed by atoms with van der Waals surface area (Å²) in [5.74, 6) is 2.23. The Morgan fingerprint density at radius 2 is 2.08 bits per heavy atom. The van der Waals surface area contributed by atoms with Gasteiger partial charge in [-0.2, -0.15) is 11.8 Å². The van der Waals surface area contributed by atoms with Gasteiger partial charge in [-0.05, 0) is 43.4 Å². The SMILES string of the molecule is CN=C(NCCCCOCCc1ccccc1)NCC1CCCS1. The standard InChI is InChI=1S/C19H31N3OS/c1-20-19(22-16-18-10-7-15-24-18)21-12-5-6-13-23-14-11-17-8-3-2-4-9-17/h2-4,8-9,18H,5-7,10-16H2,1H3,(H2,20,21,22). The second-order valence-electron chi connectivity index (χ2n) is 6.07. The van der Waals surface area contributed by atoms with Gasteiger partial charge in [0, 0.05) is 32.0 Å². The predicted molar refractivity (Wildman–Crippen MR) is 105 cm³/mol. The van der Waals surface area contributed by atoms with E-state index in [0.717, 1.165) is 56.8 Å². The van der Waals surface area contributed by atoms with Gasteiger partial charge in [-0.25, -0.2) is 0 Å². The fourth-order valence-corrected chi connectivity index (χ4v) is 3.91. The third kappa shape index (κ3) is 8.06. The average molecular weight is 350 g/mol. The highest BCUT2D eigenvalue weighted by Crippen LogP contribution is 2.25. The lowest BCUT2D eigenvalue weighted by atomic mass is 10.2. The summed E-state index contributed by atoms with van der Waals surface area (Å²) >= 11 is 2.07. The Labute approximate surface area is 150 Å². The minimum atomic E-state index is 0.751. The highest BCUT2D eigenvalue weighted by Gasteiger charge is 2.15. The summed E-state index contributed by atoms with van der Waals surface area (Å²) in [7, 11) is 1.84. The molecule has 0 radical (unpaired) electrons. The molecule has 1 unspecified atom stereocenters. The van der Waals surface area contributed by atoms with Crippen molar-refractivity contribution in [2.75, 3.05) is 39.1 Å². The summed E-state index contributed by atoms with van der Waals surface area (Å²) in [6, 6.07) is 10.5. The van der Waals surface area contributed by atoms with Gasteiger partial charge in [-0.3, -0.25) is 4.99 Å². The normalized spacial score (nSPS) is 17.9. The number of nitrogens with zero attached hydrogens (tertiary/aromatic N) is 1. The molecule has 0 aliphatic carbocycles. The molecule has 1 aliphatic rings. The van der Waals surface area contributed by atoms with E-state index >= 15 is 0 Å². The van der Waals surface area contributed by atoms with Gasteiger partial charge >= 0.3 is 0 Å². The molecule has 1 fully saturated rings. The van der Waals surface area contributed by atoms with Crippen LogP contribution in [0.1, 0.15) is 31.2 Å². The Hall–Kier alpha value is -1.20. The van der Waals surface area contributed by atoms with Crippen LogP contribution < -0.4 is 10.6 Å².